The van der Waals surface area contributed by atoms with E-state index in [-0.39, 0.29) is 29.1 Å². The predicted octanol–water partition coefficient (Wildman–Crippen LogP) is 5.43. The van der Waals surface area contributed by atoms with Crippen LogP contribution in [0.1, 0.15) is 37.9 Å². The van der Waals surface area contributed by atoms with Gasteiger partial charge < -0.3 is 14.2 Å². The molecule has 1 aliphatic heterocycles. The summed E-state index contributed by atoms with van der Waals surface area (Å²) in [7, 11) is 1.24. The van der Waals surface area contributed by atoms with Gasteiger partial charge in [-0.3, -0.25) is 0 Å². The summed E-state index contributed by atoms with van der Waals surface area (Å²) in [5, 5.41) is 0. The van der Waals surface area contributed by atoms with Crippen LogP contribution in [0.5, 0.6) is 5.75 Å². The summed E-state index contributed by atoms with van der Waals surface area (Å²) in [4.78, 5) is 0. The lowest BCUT2D eigenvalue weighted by atomic mass is 9.96. The topological polar surface area (TPSA) is 27.7 Å². The van der Waals surface area contributed by atoms with Crippen molar-refractivity contribution >= 4 is 0 Å². The van der Waals surface area contributed by atoms with Gasteiger partial charge in [0.15, 0.2) is 11.6 Å². The molecule has 146 valence electrons. The first-order valence-electron chi connectivity index (χ1n) is 9.10. The van der Waals surface area contributed by atoms with Crippen LogP contribution in [0.3, 0.4) is 0 Å². The summed E-state index contributed by atoms with van der Waals surface area (Å²) >= 11 is 0. The Morgan fingerprint density at radius 2 is 1.81 bits per heavy atom. The third kappa shape index (κ3) is 4.28. The van der Waals surface area contributed by atoms with E-state index in [0.29, 0.717) is 18.8 Å². The van der Waals surface area contributed by atoms with E-state index >= 15 is 0 Å². The highest BCUT2D eigenvalue weighted by atomic mass is 19.2. The molecular weight excluding hydrogens is 357 g/mol. The van der Waals surface area contributed by atoms with Crippen molar-refractivity contribution in [2.75, 3.05) is 20.3 Å². The fraction of sp³-hybridized carbons (Fsp3) is 0.429. The van der Waals surface area contributed by atoms with Crippen LogP contribution >= 0.6 is 0 Å². The Balaban J connectivity index is 1.76. The number of ether oxygens (including phenoxy) is 3. The third-order valence-corrected chi connectivity index (χ3v) is 4.71. The zero-order valence-electron chi connectivity index (χ0n) is 15.4. The van der Waals surface area contributed by atoms with Gasteiger partial charge in [0, 0.05) is 17.7 Å². The summed E-state index contributed by atoms with van der Waals surface area (Å²) in [6, 6.07) is 7.06. The largest absolute Gasteiger partial charge is 0.494 e. The fourth-order valence-corrected chi connectivity index (χ4v) is 3.25. The first kappa shape index (κ1) is 19.7. The minimum Gasteiger partial charge on any atom is -0.494 e. The maximum absolute atomic E-state index is 14.6. The van der Waals surface area contributed by atoms with Crippen molar-refractivity contribution in [3.8, 4) is 16.9 Å². The zero-order valence-corrected chi connectivity index (χ0v) is 15.4. The highest BCUT2D eigenvalue weighted by Crippen LogP contribution is 2.34. The predicted molar refractivity (Wildman–Crippen MR) is 96.3 cm³/mol. The second kappa shape index (κ2) is 8.76. The number of rotatable bonds is 6. The van der Waals surface area contributed by atoms with E-state index in [0.717, 1.165) is 19.3 Å². The van der Waals surface area contributed by atoms with Crippen molar-refractivity contribution < 1.29 is 27.4 Å². The van der Waals surface area contributed by atoms with Crippen molar-refractivity contribution in [1.29, 1.82) is 0 Å². The molecule has 3 rings (SSSR count). The van der Waals surface area contributed by atoms with E-state index < -0.39 is 17.5 Å². The van der Waals surface area contributed by atoms with E-state index in [1.54, 1.807) is 6.07 Å². The molecule has 1 heterocycles. The van der Waals surface area contributed by atoms with Gasteiger partial charge in [-0.05, 0) is 43.0 Å². The van der Waals surface area contributed by atoms with E-state index in [1.807, 2.05) is 6.92 Å². The number of hydrogen-bond donors (Lipinski definition) is 0. The average Bonchev–Trinajstić information content (AvgIpc) is 2.69. The molecule has 0 radical (unpaired) electrons. The molecule has 0 N–H and O–H groups in total. The van der Waals surface area contributed by atoms with Crippen molar-refractivity contribution in [2.45, 2.75) is 38.4 Å². The lowest BCUT2D eigenvalue weighted by Crippen LogP contribution is -2.27. The number of methoxy groups -OCH3 is 1. The molecule has 0 aliphatic carbocycles. The minimum atomic E-state index is -1.13. The summed E-state index contributed by atoms with van der Waals surface area (Å²) in [6.07, 6.45) is 2.36. The van der Waals surface area contributed by atoms with Crippen molar-refractivity contribution in [2.24, 2.45) is 0 Å². The van der Waals surface area contributed by atoms with Crippen LogP contribution in [-0.2, 0) is 9.47 Å². The Kier molecular flexibility index (Phi) is 6.39. The van der Waals surface area contributed by atoms with Gasteiger partial charge in [-0.1, -0.05) is 19.1 Å². The van der Waals surface area contributed by atoms with Gasteiger partial charge in [0.2, 0.25) is 5.82 Å². The Labute approximate surface area is 157 Å². The van der Waals surface area contributed by atoms with Crippen LogP contribution in [0.4, 0.5) is 13.2 Å². The summed E-state index contributed by atoms with van der Waals surface area (Å²) in [5.41, 5.74) is 0.535. The highest BCUT2D eigenvalue weighted by molar-refractivity contribution is 5.66. The lowest BCUT2D eigenvalue weighted by Gasteiger charge is -2.29. The molecule has 0 amide bonds. The van der Waals surface area contributed by atoms with Crippen molar-refractivity contribution in [1.82, 2.24) is 0 Å². The standard InChI is InChI=1S/C21H23F3O3/c1-3-10-26-14-5-8-18(27-12-14)13-4-6-15(17(22)11-13)16-7-9-19(25-2)21(24)20(16)23/h4,6-7,9,11,14,18H,3,5,8,10,12H2,1-2H3. The number of hydrogen-bond acceptors (Lipinski definition) is 3. The SMILES string of the molecule is CCCOC1CCC(c2ccc(-c3ccc(OC)c(F)c3F)c(F)c2)OC1. The normalized spacial score (nSPS) is 19.9. The lowest BCUT2D eigenvalue weighted by molar-refractivity contribution is -0.0866. The molecule has 6 heteroatoms. The second-order valence-corrected chi connectivity index (χ2v) is 6.57. The molecule has 1 fully saturated rings. The summed E-state index contributed by atoms with van der Waals surface area (Å²) in [5.74, 6) is -3.11. The van der Waals surface area contributed by atoms with E-state index in [4.69, 9.17) is 14.2 Å². The van der Waals surface area contributed by atoms with E-state index in [1.165, 1.54) is 31.4 Å². The van der Waals surface area contributed by atoms with Crippen molar-refractivity contribution in [3.63, 3.8) is 0 Å². The first-order chi connectivity index (χ1) is 13.0. The Morgan fingerprint density at radius 1 is 1.04 bits per heavy atom. The molecule has 2 atom stereocenters. The van der Waals surface area contributed by atoms with Gasteiger partial charge in [-0.2, -0.15) is 4.39 Å². The van der Waals surface area contributed by atoms with Crippen LogP contribution in [-0.4, -0.2) is 26.4 Å². The van der Waals surface area contributed by atoms with E-state index in [9.17, 15) is 13.2 Å². The minimum absolute atomic E-state index is 0.00207. The molecule has 2 aromatic rings. The monoisotopic (exact) mass is 380 g/mol. The molecule has 27 heavy (non-hydrogen) atoms. The van der Waals surface area contributed by atoms with E-state index in [2.05, 4.69) is 0 Å². The van der Waals surface area contributed by atoms with Gasteiger partial charge in [0.05, 0.1) is 25.9 Å². The molecule has 1 saturated heterocycles. The second-order valence-electron chi connectivity index (χ2n) is 6.57. The molecule has 0 bridgehead atoms. The molecule has 3 nitrogen and oxygen atoms in total. The molecule has 1 aliphatic rings. The molecule has 0 spiro atoms. The summed E-state index contributed by atoms with van der Waals surface area (Å²) in [6.45, 7) is 3.21. The maximum Gasteiger partial charge on any atom is 0.201 e. The van der Waals surface area contributed by atoms with Crippen molar-refractivity contribution in [3.05, 3.63) is 53.3 Å². The van der Waals surface area contributed by atoms with Crippen LogP contribution in [0.15, 0.2) is 30.3 Å². The molecule has 2 unspecified atom stereocenters. The molecular formula is C21H23F3O3. The fourth-order valence-electron chi connectivity index (χ4n) is 3.25. The van der Waals surface area contributed by atoms with Gasteiger partial charge >= 0.3 is 0 Å². The Hall–Kier alpha value is -2.05. The Morgan fingerprint density at radius 3 is 2.44 bits per heavy atom. The average molecular weight is 380 g/mol. The molecule has 0 aromatic heterocycles. The first-order valence-corrected chi connectivity index (χ1v) is 9.10. The van der Waals surface area contributed by atoms with Crippen LogP contribution in [0.25, 0.3) is 11.1 Å². The highest BCUT2D eigenvalue weighted by Gasteiger charge is 2.25. The molecule has 0 saturated carbocycles. The zero-order chi connectivity index (χ0) is 19.4. The smallest absolute Gasteiger partial charge is 0.201 e. The van der Waals surface area contributed by atoms with Crippen LogP contribution in [0, 0.1) is 17.5 Å². The van der Waals surface area contributed by atoms with Crippen LogP contribution < -0.4 is 4.74 Å². The maximum atomic E-state index is 14.6. The quantitative estimate of drug-likeness (QED) is 0.669. The van der Waals surface area contributed by atoms with Gasteiger partial charge in [-0.25, -0.2) is 8.78 Å². The van der Waals surface area contributed by atoms with Crippen LogP contribution in [0.2, 0.25) is 0 Å². The number of halogens is 3. The van der Waals surface area contributed by atoms with Gasteiger partial charge in [0.25, 0.3) is 0 Å². The molecule has 2 aromatic carbocycles. The van der Waals surface area contributed by atoms with Gasteiger partial charge in [-0.15, -0.1) is 0 Å². The van der Waals surface area contributed by atoms with Gasteiger partial charge in [0.1, 0.15) is 5.82 Å². The number of benzene rings is 2. The summed E-state index contributed by atoms with van der Waals surface area (Å²) < 4.78 is 59.0. The Bertz CT molecular complexity index is 786. The third-order valence-electron chi connectivity index (χ3n) is 4.71.